The number of hydrogen-bond donors (Lipinski definition) is 3. The number of nitrogens with one attached hydrogen (secondary N) is 3. The highest BCUT2D eigenvalue weighted by Gasteiger charge is 2.46. The number of fused-ring (bicyclic) bond motifs is 1. The topological polar surface area (TPSA) is 270 Å². The molecule has 0 radical (unpaired) electrons. The first kappa shape index (κ1) is 81.0. The van der Waals surface area contributed by atoms with E-state index < -0.39 is 156 Å². The summed E-state index contributed by atoms with van der Waals surface area (Å²) in [5.74, 6) is -8.34. The van der Waals surface area contributed by atoms with Crippen molar-refractivity contribution < 1.29 is 70.7 Å². The molecule has 7 rings (SSSR count). The van der Waals surface area contributed by atoms with Crippen molar-refractivity contribution in [2.24, 2.45) is 23.7 Å². The molecule has 3 saturated heterocycles. The molecule has 3 aliphatic heterocycles. The Balaban J connectivity index is 1.20. The third kappa shape index (κ3) is 21.6. The minimum absolute atomic E-state index is 0.0171. The Labute approximate surface area is 598 Å². The predicted molar refractivity (Wildman–Crippen MR) is 374 cm³/mol. The molecule has 562 valence electrons. The van der Waals surface area contributed by atoms with Crippen LogP contribution in [0, 0.1) is 23.7 Å². The van der Waals surface area contributed by atoms with Crippen molar-refractivity contribution in [3.8, 4) is 0 Å². The van der Waals surface area contributed by atoms with Crippen molar-refractivity contribution in [1.29, 1.82) is 0 Å². The molecule has 3 saturated carbocycles. The molecular formula is C73H110ClF3N12O12. The van der Waals surface area contributed by atoms with E-state index >= 15 is 14.4 Å². The lowest BCUT2D eigenvalue weighted by Crippen LogP contribution is -2.60. The lowest BCUT2D eigenvalue weighted by Gasteiger charge is -2.41. The van der Waals surface area contributed by atoms with E-state index in [-0.39, 0.29) is 75.3 Å². The Hall–Kier alpha value is -7.32. The largest absolute Gasteiger partial charge is 0.417 e. The molecule has 24 nitrogen and oxygen atoms in total. The van der Waals surface area contributed by atoms with Crippen LogP contribution in [0.4, 0.5) is 13.2 Å². The summed E-state index contributed by atoms with van der Waals surface area (Å²) in [7, 11) is 10.1. The highest BCUT2D eigenvalue weighted by atomic mass is 35.5. The Kier molecular flexibility index (Phi) is 30.3. The number of aryl methyl sites for hydroxylation is 1. The summed E-state index contributed by atoms with van der Waals surface area (Å²) in [6, 6.07) is -5.01. The highest BCUT2D eigenvalue weighted by molar-refractivity contribution is 6.31. The molecule has 3 N–H and O–H groups in total. The van der Waals surface area contributed by atoms with Crippen molar-refractivity contribution in [3.05, 3.63) is 47.0 Å². The molecule has 8 atom stereocenters. The summed E-state index contributed by atoms with van der Waals surface area (Å²) in [6.07, 6.45) is 10.8. The standard InChI is InChI=1S/C73H110ClF3N12O12/c1-10-47(2)63-71(100)83(5)45-61(93)81(3)46-62(94)84(6)56(42-48-25-14-11-15-26-48)69(98)82(4)44-58(90)79-54(36-34-49-33-35-52(53(74)41-49)73(75,76)77)68(97)89-40-24-31-55(89)66(95)78-37-21-20-32-59(91)86(8)65(51-27-16-12-17-28-51)72(101)85(7)57(70(99)88-38-22-13-23-39-88)43-60(92)87(9)64(67(96)80-63)50-29-18-19-30-50/h10,33,35,41,47-48,50-51,54-57,63-65H,1,11-32,34,36-40,42-46H2,2-9H3,(H,78,95)(H,79,90)(H,80,96)/t47?,54-,55-,56-,57-,63-,64?,65-/m0/s1. The van der Waals surface area contributed by atoms with Crippen LogP contribution in [0.15, 0.2) is 30.9 Å². The SMILES string of the molecule is C=CC(C)[C@@H]1NC(=O)C(C2CCCC2)N(C)C(=O)C[C@@H](C(=O)N2CCCCC2)N(C)C(=O)[C@H](C2CCCCC2)N(C)C(=O)CCCCNC(=O)[C@@H]2CCCN2C(=O)[C@H](CCc2ccc(C(F)(F)F)c(Cl)c2)NC(=O)CN(C)C(=O)[C@H](CC2CCCCC2)N(C)C(=O)CN(C)C(=O)CN(C)C1=O. The molecule has 0 bridgehead atoms. The first-order chi connectivity index (χ1) is 47.9. The van der Waals surface area contributed by atoms with Crippen molar-refractivity contribution >= 4 is 82.5 Å². The summed E-state index contributed by atoms with van der Waals surface area (Å²) >= 11 is 6.11. The maximum absolute atomic E-state index is 15.4. The third-order valence-electron chi connectivity index (χ3n) is 22.1. The number of amides is 12. The molecule has 101 heavy (non-hydrogen) atoms. The monoisotopic (exact) mass is 1440 g/mol. The van der Waals surface area contributed by atoms with Gasteiger partial charge in [-0.15, -0.1) is 6.58 Å². The predicted octanol–water partition coefficient (Wildman–Crippen LogP) is 6.20. The lowest BCUT2D eigenvalue weighted by molar-refractivity contribution is -0.155. The first-order valence-corrected chi connectivity index (χ1v) is 37.0. The number of hydrogen-bond acceptors (Lipinski definition) is 12. The van der Waals surface area contributed by atoms with Crippen LogP contribution < -0.4 is 16.0 Å². The zero-order valence-electron chi connectivity index (χ0n) is 60.6. The molecule has 1 aromatic carbocycles. The lowest BCUT2D eigenvalue weighted by atomic mass is 9.82. The minimum Gasteiger partial charge on any atom is -0.354 e. The third-order valence-corrected chi connectivity index (χ3v) is 22.4. The van der Waals surface area contributed by atoms with Gasteiger partial charge in [0.2, 0.25) is 70.9 Å². The molecule has 28 heteroatoms. The number of alkyl halides is 3. The smallest absolute Gasteiger partial charge is 0.354 e. The molecular weight excluding hydrogens is 1330 g/mol. The minimum atomic E-state index is -4.74. The van der Waals surface area contributed by atoms with Crippen molar-refractivity contribution in [3.63, 3.8) is 0 Å². The number of rotatable bonds is 10. The molecule has 2 unspecified atom stereocenters. The van der Waals surface area contributed by atoms with Crippen molar-refractivity contribution in [1.82, 2.24) is 60.0 Å². The van der Waals surface area contributed by atoms with Crippen LogP contribution in [-0.4, -0.2) is 252 Å². The van der Waals surface area contributed by atoms with Crippen LogP contribution in [0.5, 0.6) is 0 Å². The Morgan fingerprint density at radius 2 is 1.18 bits per heavy atom. The van der Waals surface area contributed by atoms with E-state index in [9.17, 15) is 56.3 Å². The molecule has 6 aliphatic rings. The van der Waals surface area contributed by atoms with Gasteiger partial charge in [0, 0.05) is 87.9 Å². The van der Waals surface area contributed by atoms with E-state index in [0.29, 0.717) is 57.2 Å². The zero-order valence-corrected chi connectivity index (χ0v) is 61.4. The molecule has 0 spiro atoms. The summed E-state index contributed by atoms with van der Waals surface area (Å²) in [4.78, 5) is 188. The fourth-order valence-electron chi connectivity index (χ4n) is 15.7. The van der Waals surface area contributed by atoms with E-state index in [1.807, 2.05) is 0 Å². The van der Waals surface area contributed by atoms with Crippen LogP contribution in [0.25, 0.3) is 0 Å². The summed E-state index contributed by atoms with van der Waals surface area (Å²) < 4.78 is 41.3. The van der Waals surface area contributed by atoms with Gasteiger partial charge in [-0.25, -0.2) is 0 Å². The Bertz CT molecular complexity index is 3120. The summed E-state index contributed by atoms with van der Waals surface area (Å²) in [5.41, 5.74) is -0.730. The van der Waals surface area contributed by atoms with Gasteiger partial charge in [-0.2, -0.15) is 13.2 Å². The second-order valence-corrected chi connectivity index (χ2v) is 29.7. The fraction of sp³-hybridized carbons (Fsp3) is 0.726. The van der Waals surface area contributed by atoms with Gasteiger partial charge >= 0.3 is 6.18 Å². The van der Waals surface area contributed by atoms with Gasteiger partial charge < -0.3 is 60.0 Å². The first-order valence-electron chi connectivity index (χ1n) is 36.7. The number of halogens is 4. The maximum Gasteiger partial charge on any atom is 0.417 e. The van der Waals surface area contributed by atoms with E-state index in [0.717, 1.165) is 110 Å². The van der Waals surface area contributed by atoms with E-state index in [1.54, 1.807) is 18.9 Å². The number of likely N-dealkylation sites (N-methyl/N-ethyl adjacent to an activating group) is 7. The molecule has 3 aliphatic carbocycles. The van der Waals surface area contributed by atoms with Crippen molar-refractivity contribution in [2.75, 3.05) is 95.1 Å². The van der Waals surface area contributed by atoms with Crippen LogP contribution in [0.1, 0.15) is 179 Å². The van der Waals surface area contributed by atoms with Crippen LogP contribution in [-0.2, 0) is 70.1 Å². The highest BCUT2D eigenvalue weighted by Crippen LogP contribution is 2.37. The Morgan fingerprint density at radius 1 is 0.594 bits per heavy atom. The number of piperidine rings is 1. The van der Waals surface area contributed by atoms with E-state index in [4.69, 9.17) is 11.6 Å². The summed E-state index contributed by atoms with van der Waals surface area (Å²) in [5, 5.41) is 8.01. The number of carbonyl (C=O) groups is 12. The molecule has 12 amide bonds. The van der Waals surface area contributed by atoms with E-state index in [1.165, 1.54) is 78.9 Å². The van der Waals surface area contributed by atoms with E-state index in [2.05, 4.69) is 22.5 Å². The van der Waals surface area contributed by atoms with Gasteiger partial charge in [0.15, 0.2) is 0 Å². The van der Waals surface area contributed by atoms with Gasteiger partial charge in [0.1, 0.15) is 42.3 Å². The molecule has 6 fully saturated rings. The fourth-order valence-corrected chi connectivity index (χ4v) is 16.0. The molecule has 0 aromatic heterocycles. The van der Waals surface area contributed by atoms with Gasteiger partial charge in [0.05, 0.1) is 36.6 Å². The quantitative estimate of drug-likeness (QED) is 0.221. The second kappa shape index (κ2) is 37.7. The van der Waals surface area contributed by atoms with Crippen LogP contribution >= 0.6 is 11.6 Å². The average Bonchev–Trinajstić information content (AvgIpc) is 1.01. The van der Waals surface area contributed by atoms with Crippen LogP contribution in [0.2, 0.25) is 5.02 Å². The molecule has 1 aromatic rings. The van der Waals surface area contributed by atoms with Gasteiger partial charge in [-0.3, -0.25) is 57.5 Å². The van der Waals surface area contributed by atoms with Gasteiger partial charge in [-0.05, 0) is 125 Å². The number of nitrogens with zero attached hydrogens (tertiary/aromatic N) is 9. The zero-order chi connectivity index (χ0) is 74.0. The Morgan fingerprint density at radius 3 is 1.80 bits per heavy atom. The number of carbonyl (C=O) groups excluding carboxylic acids is 12. The number of benzene rings is 1. The maximum atomic E-state index is 15.4. The van der Waals surface area contributed by atoms with Crippen LogP contribution in [0.3, 0.4) is 0 Å². The number of likely N-dealkylation sites (tertiary alicyclic amines) is 1. The van der Waals surface area contributed by atoms with Crippen molar-refractivity contribution in [2.45, 2.75) is 222 Å². The second-order valence-electron chi connectivity index (χ2n) is 29.3. The molecule has 3 heterocycles. The summed E-state index contributed by atoms with van der Waals surface area (Å²) in [6.45, 7) is 4.95. The van der Waals surface area contributed by atoms with Gasteiger partial charge in [-0.1, -0.05) is 94.9 Å². The average molecular weight is 1440 g/mol. The van der Waals surface area contributed by atoms with Gasteiger partial charge in [0.25, 0.3) is 0 Å². The normalized spacial score (nSPS) is 26.8.